The lowest BCUT2D eigenvalue weighted by Gasteiger charge is -2.08. The third-order valence-electron chi connectivity index (χ3n) is 4.17. The van der Waals surface area contributed by atoms with E-state index in [4.69, 9.17) is 0 Å². The maximum Gasteiger partial charge on any atom is 0.259 e. The number of hydrogen-bond acceptors (Lipinski definition) is 6. The normalized spacial score (nSPS) is 12.8. The molecule has 3 aromatic rings. The van der Waals surface area contributed by atoms with Gasteiger partial charge in [0, 0.05) is 11.9 Å². The zero-order valence-electron chi connectivity index (χ0n) is 14.3. The first-order valence-electron chi connectivity index (χ1n) is 7.97. The molecule has 0 radical (unpaired) electrons. The lowest BCUT2D eigenvalue weighted by molar-refractivity contribution is 0.561. The molecule has 8 heteroatoms. The summed E-state index contributed by atoms with van der Waals surface area (Å²) in [4.78, 5) is 22.2. The van der Waals surface area contributed by atoms with Crippen LogP contribution in [0.25, 0.3) is 10.2 Å². The fourth-order valence-electron chi connectivity index (χ4n) is 2.56. The summed E-state index contributed by atoms with van der Waals surface area (Å²) in [5.41, 5.74) is 1.13. The minimum atomic E-state index is -0.0313. The fraction of sp³-hybridized carbons (Fsp3) is 0.500. The molecule has 0 saturated carbocycles. The van der Waals surface area contributed by atoms with E-state index in [1.54, 1.807) is 17.7 Å². The standard InChI is InChI=1S/C16H21N5OS2/c1-5-9(2)6-11-10(3)24-15-13(11)14(22)18-12(19-15)7-23-16-20-17-8-21(16)4/h8-9H,5-7H2,1-4H3,(H,18,19,22)/t9-/m1/s1. The molecule has 0 bridgehead atoms. The van der Waals surface area contributed by atoms with Gasteiger partial charge in [0.2, 0.25) is 0 Å². The summed E-state index contributed by atoms with van der Waals surface area (Å²) in [5.74, 6) is 1.80. The quantitative estimate of drug-likeness (QED) is 0.680. The smallest absolute Gasteiger partial charge is 0.259 e. The van der Waals surface area contributed by atoms with Crippen molar-refractivity contribution in [1.29, 1.82) is 0 Å². The highest BCUT2D eigenvalue weighted by Gasteiger charge is 2.17. The summed E-state index contributed by atoms with van der Waals surface area (Å²) in [6, 6.07) is 0. The van der Waals surface area contributed by atoms with Crippen LogP contribution in [0.5, 0.6) is 0 Å². The molecule has 24 heavy (non-hydrogen) atoms. The fourth-order valence-corrected chi connectivity index (χ4v) is 4.39. The highest BCUT2D eigenvalue weighted by Crippen LogP contribution is 2.30. The van der Waals surface area contributed by atoms with E-state index in [1.165, 1.54) is 16.6 Å². The van der Waals surface area contributed by atoms with E-state index < -0.39 is 0 Å². The summed E-state index contributed by atoms with van der Waals surface area (Å²) >= 11 is 3.12. The number of nitrogens with one attached hydrogen (secondary N) is 1. The number of H-pyrrole nitrogens is 1. The van der Waals surface area contributed by atoms with Crippen molar-refractivity contribution in [2.45, 2.75) is 44.5 Å². The molecule has 0 fully saturated rings. The van der Waals surface area contributed by atoms with Crippen molar-refractivity contribution < 1.29 is 0 Å². The van der Waals surface area contributed by atoms with E-state index in [9.17, 15) is 4.79 Å². The Kier molecular flexibility index (Phi) is 5.05. The number of thioether (sulfide) groups is 1. The van der Waals surface area contributed by atoms with Gasteiger partial charge in [0.15, 0.2) is 5.16 Å². The average molecular weight is 364 g/mol. The van der Waals surface area contributed by atoms with Crippen LogP contribution in [0.3, 0.4) is 0 Å². The highest BCUT2D eigenvalue weighted by molar-refractivity contribution is 7.98. The zero-order valence-corrected chi connectivity index (χ0v) is 15.9. The molecule has 6 nitrogen and oxygen atoms in total. The predicted octanol–water partition coefficient (Wildman–Crippen LogP) is 3.30. The first kappa shape index (κ1) is 17.2. The molecule has 3 aromatic heterocycles. The van der Waals surface area contributed by atoms with Crippen LogP contribution in [0, 0.1) is 12.8 Å². The summed E-state index contributed by atoms with van der Waals surface area (Å²) in [6.07, 6.45) is 3.69. The van der Waals surface area contributed by atoms with Gasteiger partial charge in [0.05, 0.1) is 11.1 Å². The Morgan fingerprint density at radius 3 is 2.92 bits per heavy atom. The number of aromatic amines is 1. The molecule has 128 valence electrons. The van der Waals surface area contributed by atoms with Crippen LogP contribution < -0.4 is 5.56 Å². The van der Waals surface area contributed by atoms with E-state index in [2.05, 4.69) is 40.9 Å². The van der Waals surface area contributed by atoms with Gasteiger partial charge < -0.3 is 9.55 Å². The number of aryl methyl sites for hydroxylation is 2. The number of rotatable bonds is 6. The summed E-state index contributed by atoms with van der Waals surface area (Å²) in [7, 11) is 1.89. The Labute approximate surface area is 148 Å². The Morgan fingerprint density at radius 1 is 1.46 bits per heavy atom. The first-order chi connectivity index (χ1) is 11.5. The third-order valence-corrected chi connectivity index (χ3v) is 6.26. The second-order valence-corrected chi connectivity index (χ2v) is 8.21. The van der Waals surface area contributed by atoms with E-state index in [0.717, 1.165) is 33.8 Å². The Bertz CT molecular complexity index is 911. The lowest BCUT2D eigenvalue weighted by Crippen LogP contribution is -2.12. The molecule has 0 unspecified atom stereocenters. The van der Waals surface area contributed by atoms with E-state index >= 15 is 0 Å². The van der Waals surface area contributed by atoms with Crippen LogP contribution in [-0.2, 0) is 19.2 Å². The van der Waals surface area contributed by atoms with Gasteiger partial charge in [0.25, 0.3) is 5.56 Å². The van der Waals surface area contributed by atoms with Crippen molar-refractivity contribution in [2.75, 3.05) is 0 Å². The maximum absolute atomic E-state index is 12.6. The van der Waals surface area contributed by atoms with Crippen LogP contribution in [0.2, 0.25) is 0 Å². The van der Waals surface area contributed by atoms with Gasteiger partial charge in [0.1, 0.15) is 17.0 Å². The van der Waals surface area contributed by atoms with Gasteiger partial charge in [-0.05, 0) is 24.8 Å². The first-order valence-corrected chi connectivity index (χ1v) is 9.77. The van der Waals surface area contributed by atoms with Crippen molar-refractivity contribution in [3.05, 3.63) is 32.9 Å². The van der Waals surface area contributed by atoms with Crippen molar-refractivity contribution in [1.82, 2.24) is 24.7 Å². The predicted molar refractivity (Wildman–Crippen MR) is 98.7 cm³/mol. The number of fused-ring (bicyclic) bond motifs is 1. The molecule has 0 saturated heterocycles. The molecule has 0 aliphatic rings. The topological polar surface area (TPSA) is 76.5 Å². The second-order valence-electron chi connectivity index (χ2n) is 6.06. The van der Waals surface area contributed by atoms with Crippen molar-refractivity contribution in [3.8, 4) is 0 Å². The SMILES string of the molecule is CC[C@@H](C)Cc1c(C)sc2nc(CSc3nncn3C)[nH]c(=O)c12. The summed E-state index contributed by atoms with van der Waals surface area (Å²) < 4.78 is 1.85. The number of nitrogens with zero attached hydrogens (tertiary/aromatic N) is 4. The van der Waals surface area contributed by atoms with Gasteiger partial charge in [-0.1, -0.05) is 32.0 Å². The van der Waals surface area contributed by atoms with E-state index in [1.807, 2.05) is 11.6 Å². The van der Waals surface area contributed by atoms with E-state index in [0.29, 0.717) is 17.5 Å². The van der Waals surface area contributed by atoms with Gasteiger partial charge in [-0.25, -0.2) is 4.98 Å². The molecule has 1 atom stereocenters. The number of aromatic nitrogens is 5. The van der Waals surface area contributed by atoms with Crippen LogP contribution in [0.15, 0.2) is 16.3 Å². The molecule has 0 spiro atoms. The molecular weight excluding hydrogens is 342 g/mol. The number of hydrogen-bond donors (Lipinski definition) is 1. The van der Waals surface area contributed by atoms with Crippen LogP contribution in [-0.4, -0.2) is 24.7 Å². The maximum atomic E-state index is 12.6. The summed E-state index contributed by atoms with van der Waals surface area (Å²) in [6.45, 7) is 6.48. The molecular formula is C16H21N5OS2. The molecule has 3 heterocycles. The van der Waals surface area contributed by atoms with Crippen molar-refractivity contribution in [2.24, 2.45) is 13.0 Å². The Morgan fingerprint density at radius 2 is 2.25 bits per heavy atom. The molecule has 0 aromatic carbocycles. The lowest BCUT2D eigenvalue weighted by atomic mass is 9.98. The second kappa shape index (κ2) is 7.06. The zero-order chi connectivity index (χ0) is 17.3. The molecule has 1 N–H and O–H groups in total. The molecule has 0 aliphatic carbocycles. The number of thiophene rings is 1. The van der Waals surface area contributed by atoms with Gasteiger partial charge in [-0.2, -0.15) is 0 Å². The van der Waals surface area contributed by atoms with Gasteiger partial charge in [-0.3, -0.25) is 4.79 Å². The minimum absolute atomic E-state index is 0.0313. The van der Waals surface area contributed by atoms with Crippen LogP contribution in [0.4, 0.5) is 0 Å². The van der Waals surface area contributed by atoms with Crippen LogP contribution >= 0.6 is 23.1 Å². The van der Waals surface area contributed by atoms with Crippen LogP contribution in [0.1, 0.15) is 36.5 Å². The molecule has 0 amide bonds. The molecule has 3 rings (SSSR count). The highest BCUT2D eigenvalue weighted by atomic mass is 32.2. The Hall–Kier alpha value is -1.67. The Balaban J connectivity index is 1.90. The average Bonchev–Trinajstić information content (AvgIpc) is 3.09. The molecule has 0 aliphatic heterocycles. The van der Waals surface area contributed by atoms with Crippen molar-refractivity contribution >= 4 is 33.3 Å². The summed E-state index contributed by atoms with van der Waals surface area (Å²) in [5, 5.41) is 9.46. The third kappa shape index (κ3) is 3.39. The van der Waals surface area contributed by atoms with Gasteiger partial charge >= 0.3 is 0 Å². The monoisotopic (exact) mass is 363 g/mol. The minimum Gasteiger partial charge on any atom is -0.312 e. The van der Waals surface area contributed by atoms with Crippen molar-refractivity contribution in [3.63, 3.8) is 0 Å². The van der Waals surface area contributed by atoms with E-state index in [-0.39, 0.29) is 5.56 Å². The largest absolute Gasteiger partial charge is 0.312 e. The van der Waals surface area contributed by atoms with Gasteiger partial charge in [-0.15, -0.1) is 21.5 Å².